The summed E-state index contributed by atoms with van der Waals surface area (Å²) in [6, 6.07) is 18.6. The second-order valence-electron chi connectivity index (χ2n) is 6.10. The molecule has 0 aromatic heterocycles. The molecule has 0 heterocycles. The lowest BCUT2D eigenvalue weighted by Crippen LogP contribution is -1.86. The number of aldehydes is 1. The predicted molar refractivity (Wildman–Crippen MR) is 106 cm³/mol. The normalized spacial score (nSPS) is 10.2. The van der Waals surface area contributed by atoms with Gasteiger partial charge in [0.1, 0.15) is 12.1 Å². The number of hydrogen-bond donors (Lipinski definition) is 0. The largest absolute Gasteiger partial charge is 0.303 e. The molecule has 132 valence electrons. The molecule has 0 saturated carbocycles. The van der Waals surface area contributed by atoms with E-state index >= 15 is 0 Å². The number of carbonyl (C=O) groups excluding carboxylic acids is 2. The lowest BCUT2D eigenvalue weighted by Gasteiger charge is -1.98. The fourth-order valence-electron chi connectivity index (χ4n) is 2.21. The Balaban J connectivity index is 0.000000251. The van der Waals surface area contributed by atoms with Gasteiger partial charge in [-0.1, -0.05) is 72.3 Å². The maximum absolute atomic E-state index is 10.6. The highest BCUT2D eigenvalue weighted by Crippen LogP contribution is 2.06. The Bertz CT molecular complexity index is 640. The highest BCUT2D eigenvalue weighted by atomic mass is 16.1. The monoisotopic (exact) mass is 336 g/mol. The molecule has 0 aliphatic heterocycles. The maximum atomic E-state index is 10.6. The Labute approximate surface area is 151 Å². The van der Waals surface area contributed by atoms with Gasteiger partial charge in [0.05, 0.1) is 0 Å². The number of aryl methyl sites for hydroxylation is 2. The first-order valence-corrected chi connectivity index (χ1v) is 8.82. The van der Waals surface area contributed by atoms with Crippen molar-refractivity contribution in [3.8, 4) is 0 Å². The van der Waals surface area contributed by atoms with Crippen LogP contribution in [0.25, 0.3) is 6.08 Å². The van der Waals surface area contributed by atoms with Crippen LogP contribution in [-0.4, -0.2) is 12.1 Å². The molecule has 2 aromatic rings. The van der Waals surface area contributed by atoms with E-state index in [0.29, 0.717) is 12.8 Å². The molecule has 0 amide bonds. The number of rotatable bonds is 8. The third-order valence-electron chi connectivity index (χ3n) is 3.68. The fourth-order valence-corrected chi connectivity index (χ4v) is 2.21. The number of allylic oxidation sites excluding steroid dienone is 1. The molecule has 0 saturated heterocycles. The average molecular weight is 336 g/mol. The summed E-state index contributed by atoms with van der Waals surface area (Å²) in [4.78, 5) is 20.7. The molecule has 0 aliphatic carbocycles. The van der Waals surface area contributed by atoms with E-state index in [1.165, 1.54) is 16.7 Å². The van der Waals surface area contributed by atoms with Gasteiger partial charge in [0, 0.05) is 12.8 Å². The number of benzene rings is 2. The van der Waals surface area contributed by atoms with Crippen molar-refractivity contribution in [1.82, 2.24) is 0 Å². The van der Waals surface area contributed by atoms with Crippen molar-refractivity contribution in [2.24, 2.45) is 0 Å². The fraction of sp³-hybridized carbons (Fsp3) is 0.304. The summed E-state index contributed by atoms with van der Waals surface area (Å²) in [5.41, 5.74) is 3.79. The number of carbonyl (C=O) groups is 2. The summed E-state index contributed by atoms with van der Waals surface area (Å²) in [6.45, 7) is 3.70. The molecule has 0 fully saturated rings. The minimum absolute atomic E-state index is 0.248. The van der Waals surface area contributed by atoms with E-state index in [0.717, 1.165) is 25.5 Å². The zero-order valence-electron chi connectivity index (χ0n) is 15.3. The van der Waals surface area contributed by atoms with Crippen LogP contribution in [0.15, 0.2) is 60.7 Å². The Hall–Kier alpha value is -2.48. The van der Waals surface area contributed by atoms with Crippen molar-refractivity contribution in [1.29, 1.82) is 0 Å². The Morgan fingerprint density at radius 2 is 1.64 bits per heavy atom. The molecular weight excluding hydrogens is 308 g/mol. The van der Waals surface area contributed by atoms with Crippen LogP contribution in [0.5, 0.6) is 0 Å². The Kier molecular flexibility index (Phi) is 10.6. The van der Waals surface area contributed by atoms with Crippen LogP contribution >= 0.6 is 0 Å². The maximum Gasteiger partial charge on any atom is 0.130 e. The number of Topliss-reactive ketones (excluding diaryl/α,β-unsaturated/α-hetero) is 1. The summed E-state index contributed by atoms with van der Waals surface area (Å²) in [5, 5.41) is 0. The van der Waals surface area contributed by atoms with Gasteiger partial charge in [-0.3, -0.25) is 0 Å². The average Bonchev–Trinajstić information content (AvgIpc) is 2.62. The third-order valence-corrected chi connectivity index (χ3v) is 3.68. The molecule has 2 heteroatoms. The van der Waals surface area contributed by atoms with Gasteiger partial charge in [0.25, 0.3) is 0 Å². The first-order chi connectivity index (χ1) is 12.1. The van der Waals surface area contributed by atoms with Crippen LogP contribution in [0.4, 0.5) is 0 Å². The number of unbranched alkanes of at least 4 members (excludes halogenated alkanes) is 1. The lowest BCUT2D eigenvalue weighted by atomic mass is 10.1. The van der Waals surface area contributed by atoms with E-state index in [2.05, 4.69) is 31.2 Å². The van der Waals surface area contributed by atoms with E-state index in [-0.39, 0.29) is 5.78 Å². The Morgan fingerprint density at radius 1 is 0.960 bits per heavy atom. The zero-order valence-corrected chi connectivity index (χ0v) is 15.3. The molecule has 0 unspecified atom stereocenters. The summed E-state index contributed by atoms with van der Waals surface area (Å²) >= 11 is 0. The Morgan fingerprint density at radius 3 is 2.24 bits per heavy atom. The van der Waals surface area contributed by atoms with Gasteiger partial charge in [-0.2, -0.15) is 0 Å². The van der Waals surface area contributed by atoms with Crippen molar-refractivity contribution in [3.05, 3.63) is 77.4 Å². The molecule has 0 radical (unpaired) electrons. The molecule has 0 aliphatic rings. The van der Waals surface area contributed by atoms with Crippen LogP contribution in [-0.2, 0) is 16.0 Å². The zero-order chi connectivity index (χ0) is 18.3. The van der Waals surface area contributed by atoms with Crippen molar-refractivity contribution in [2.45, 2.75) is 46.0 Å². The topological polar surface area (TPSA) is 34.1 Å². The lowest BCUT2D eigenvalue weighted by molar-refractivity contribution is -0.117. The predicted octanol–water partition coefficient (Wildman–Crippen LogP) is 5.59. The van der Waals surface area contributed by atoms with Crippen LogP contribution in [0.2, 0.25) is 0 Å². The SMILES string of the molecule is CC(=O)CC/C=C/c1ccccc1.Cc1ccc(CCCC=O)cc1. The van der Waals surface area contributed by atoms with Crippen LogP contribution in [0, 0.1) is 6.92 Å². The summed E-state index contributed by atoms with van der Waals surface area (Å²) in [5.74, 6) is 0.248. The van der Waals surface area contributed by atoms with Crippen molar-refractivity contribution in [3.63, 3.8) is 0 Å². The molecule has 0 atom stereocenters. The van der Waals surface area contributed by atoms with Gasteiger partial charge in [-0.15, -0.1) is 0 Å². The van der Waals surface area contributed by atoms with E-state index in [9.17, 15) is 9.59 Å². The second-order valence-corrected chi connectivity index (χ2v) is 6.10. The molecule has 0 bridgehead atoms. The standard InChI is InChI=1S/C12H14O.C11H14O/c1-11(13)7-5-6-10-12-8-3-2-4-9-12;1-10-5-7-11(8-6-10)4-2-3-9-12/h2-4,6,8-10H,5,7H2,1H3;5-9H,2-4H2,1H3/b10-6+;. The molecule has 2 rings (SSSR count). The third kappa shape index (κ3) is 10.8. The summed E-state index contributed by atoms with van der Waals surface area (Å²) in [7, 11) is 0. The number of hydrogen-bond acceptors (Lipinski definition) is 2. The van der Waals surface area contributed by atoms with E-state index < -0.39 is 0 Å². The molecule has 0 spiro atoms. The minimum atomic E-state index is 0.248. The van der Waals surface area contributed by atoms with Crippen molar-refractivity contribution in [2.75, 3.05) is 0 Å². The minimum Gasteiger partial charge on any atom is -0.303 e. The van der Waals surface area contributed by atoms with E-state index in [1.807, 2.05) is 42.5 Å². The second kappa shape index (κ2) is 12.9. The van der Waals surface area contributed by atoms with E-state index in [1.54, 1.807) is 6.92 Å². The van der Waals surface area contributed by atoms with Crippen molar-refractivity contribution >= 4 is 18.1 Å². The highest BCUT2D eigenvalue weighted by Gasteiger charge is 1.91. The van der Waals surface area contributed by atoms with Gasteiger partial charge >= 0.3 is 0 Å². The summed E-state index contributed by atoms with van der Waals surface area (Å²) in [6.07, 6.45) is 9.20. The molecule has 0 N–H and O–H groups in total. The molecule has 25 heavy (non-hydrogen) atoms. The van der Waals surface area contributed by atoms with Gasteiger partial charge < -0.3 is 9.59 Å². The summed E-state index contributed by atoms with van der Waals surface area (Å²) < 4.78 is 0. The van der Waals surface area contributed by atoms with Crippen LogP contribution in [0.3, 0.4) is 0 Å². The van der Waals surface area contributed by atoms with Gasteiger partial charge in [0.15, 0.2) is 0 Å². The highest BCUT2D eigenvalue weighted by molar-refractivity contribution is 5.75. The quantitative estimate of drug-likeness (QED) is 0.465. The van der Waals surface area contributed by atoms with Crippen LogP contribution < -0.4 is 0 Å². The molecule has 2 nitrogen and oxygen atoms in total. The van der Waals surface area contributed by atoms with Gasteiger partial charge in [-0.25, -0.2) is 0 Å². The first kappa shape index (κ1) is 20.6. The van der Waals surface area contributed by atoms with Gasteiger partial charge in [-0.05, 0) is 44.2 Å². The van der Waals surface area contributed by atoms with E-state index in [4.69, 9.17) is 0 Å². The number of ketones is 1. The molecule has 2 aromatic carbocycles. The van der Waals surface area contributed by atoms with Gasteiger partial charge in [0.2, 0.25) is 0 Å². The first-order valence-electron chi connectivity index (χ1n) is 8.82. The van der Waals surface area contributed by atoms with Crippen LogP contribution in [0.1, 0.15) is 49.3 Å². The molecular formula is C23H28O2. The smallest absolute Gasteiger partial charge is 0.130 e. The van der Waals surface area contributed by atoms with Crippen molar-refractivity contribution < 1.29 is 9.59 Å².